The van der Waals surface area contributed by atoms with Crippen LogP contribution in [0.3, 0.4) is 0 Å². The molecule has 1 atom stereocenters. The predicted octanol–water partition coefficient (Wildman–Crippen LogP) is 6.02. The quantitative estimate of drug-likeness (QED) is 0.311. The number of amides is 2. The summed E-state index contributed by atoms with van der Waals surface area (Å²) in [5.41, 5.74) is 3.20. The highest BCUT2D eigenvalue weighted by atomic mass is 35.5. The van der Waals surface area contributed by atoms with Crippen LogP contribution in [0.25, 0.3) is 0 Å². The normalized spacial score (nSPS) is 14.7. The van der Waals surface area contributed by atoms with E-state index in [9.17, 15) is 18.0 Å². The number of nitrogens with one attached hydrogen (secondary N) is 1. The van der Waals surface area contributed by atoms with Gasteiger partial charge in [0.1, 0.15) is 12.6 Å². The van der Waals surface area contributed by atoms with Gasteiger partial charge in [0, 0.05) is 17.6 Å². The molecule has 1 N–H and O–H groups in total. The first kappa shape index (κ1) is 30.6. The highest BCUT2D eigenvalue weighted by molar-refractivity contribution is 7.92. The summed E-state index contributed by atoms with van der Waals surface area (Å²) >= 11 is 6.02. The molecule has 218 valence electrons. The van der Waals surface area contributed by atoms with Crippen molar-refractivity contribution < 1.29 is 18.0 Å². The summed E-state index contributed by atoms with van der Waals surface area (Å²) < 4.78 is 28.9. The minimum absolute atomic E-state index is 0.0172. The fourth-order valence-corrected chi connectivity index (χ4v) is 6.67. The molecule has 0 radical (unpaired) electrons. The Hall–Kier alpha value is -3.36. The Morgan fingerprint density at radius 1 is 0.927 bits per heavy atom. The zero-order chi connectivity index (χ0) is 29.6. The standard InChI is InChI=1S/C32H38ClN3O4S/c1-23-12-16-29(17-13-23)36(41(39,40)30-18-14-27(33)15-19-30)22-31(37)35(21-26-9-7-8-24(2)20-26)25(3)32(38)34-28-10-5-4-6-11-28/h7-9,12-20,25,28H,4-6,10-11,21-22H2,1-3H3,(H,34,38). The van der Waals surface area contributed by atoms with Gasteiger partial charge in [-0.3, -0.25) is 13.9 Å². The number of rotatable bonds is 10. The third kappa shape index (κ3) is 7.89. The fraction of sp³-hybridized carbons (Fsp3) is 0.375. The molecule has 1 fully saturated rings. The van der Waals surface area contributed by atoms with Gasteiger partial charge >= 0.3 is 0 Å². The molecule has 1 aliphatic carbocycles. The summed E-state index contributed by atoms with van der Waals surface area (Å²) in [5.74, 6) is -0.712. The van der Waals surface area contributed by atoms with Crippen LogP contribution in [-0.2, 0) is 26.2 Å². The Kier molecular flexibility index (Phi) is 10.1. The Morgan fingerprint density at radius 3 is 2.22 bits per heavy atom. The smallest absolute Gasteiger partial charge is 0.264 e. The van der Waals surface area contributed by atoms with E-state index in [1.807, 2.05) is 38.1 Å². The molecule has 3 aromatic carbocycles. The highest BCUT2D eigenvalue weighted by Gasteiger charge is 2.33. The van der Waals surface area contributed by atoms with Crippen LogP contribution < -0.4 is 9.62 Å². The van der Waals surface area contributed by atoms with Crippen LogP contribution in [0.4, 0.5) is 5.69 Å². The van der Waals surface area contributed by atoms with E-state index in [4.69, 9.17) is 11.6 Å². The Labute approximate surface area is 248 Å². The third-order valence-corrected chi connectivity index (χ3v) is 9.60. The van der Waals surface area contributed by atoms with E-state index in [1.165, 1.54) is 29.2 Å². The van der Waals surface area contributed by atoms with Crippen molar-refractivity contribution in [1.82, 2.24) is 10.2 Å². The van der Waals surface area contributed by atoms with Gasteiger partial charge in [0.15, 0.2) is 0 Å². The van der Waals surface area contributed by atoms with Gasteiger partial charge in [0.2, 0.25) is 11.8 Å². The number of hydrogen-bond acceptors (Lipinski definition) is 4. The second kappa shape index (κ2) is 13.5. The SMILES string of the molecule is Cc1ccc(N(CC(=O)N(Cc2cccc(C)c2)C(C)C(=O)NC2CCCCC2)S(=O)(=O)c2ccc(Cl)cc2)cc1. The van der Waals surface area contributed by atoms with E-state index in [0.717, 1.165) is 53.1 Å². The van der Waals surface area contributed by atoms with E-state index in [-0.39, 0.29) is 23.4 Å². The number of hydrogen-bond donors (Lipinski definition) is 1. The fourth-order valence-electron chi connectivity index (χ4n) is 5.13. The molecule has 3 aromatic rings. The number of halogens is 1. The third-order valence-electron chi connectivity index (χ3n) is 7.56. The second-order valence-electron chi connectivity index (χ2n) is 10.8. The van der Waals surface area contributed by atoms with Gasteiger partial charge in [-0.25, -0.2) is 8.42 Å². The van der Waals surface area contributed by atoms with Crippen LogP contribution in [0.5, 0.6) is 0 Å². The Morgan fingerprint density at radius 2 is 1.59 bits per heavy atom. The first-order chi connectivity index (χ1) is 19.5. The van der Waals surface area contributed by atoms with E-state index in [2.05, 4.69) is 5.32 Å². The van der Waals surface area contributed by atoms with Crippen LogP contribution >= 0.6 is 11.6 Å². The van der Waals surface area contributed by atoms with Crippen LogP contribution in [0.2, 0.25) is 5.02 Å². The van der Waals surface area contributed by atoms with E-state index in [0.29, 0.717) is 10.7 Å². The number of anilines is 1. The number of carbonyl (C=O) groups is 2. The predicted molar refractivity (Wildman–Crippen MR) is 163 cm³/mol. The minimum atomic E-state index is -4.13. The van der Waals surface area contributed by atoms with Crippen molar-refractivity contribution in [3.05, 3.63) is 94.5 Å². The Bertz CT molecular complexity index is 1450. The van der Waals surface area contributed by atoms with Crippen LogP contribution in [0.15, 0.2) is 77.7 Å². The number of sulfonamides is 1. The molecule has 0 heterocycles. The van der Waals surface area contributed by atoms with Crippen molar-refractivity contribution in [2.24, 2.45) is 0 Å². The van der Waals surface area contributed by atoms with Crippen LogP contribution in [0, 0.1) is 13.8 Å². The minimum Gasteiger partial charge on any atom is -0.352 e. The molecule has 2 amide bonds. The summed E-state index contributed by atoms with van der Waals surface area (Å²) in [6.07, 6.45) is 5.14. The van der Waals surface area contributed by atoms with Gasteiger partial charge in [-0.1, -0.05) is 78.4 Å². The lowest BCUT2D eigenvalue weighted by Gasteiger charge is -2.33. The van der Waals surface area contributed by atoms with Crippen LogP contribution in [0.1, 0.15) is 55.7 Å². The molecular formula is C32H38ClN3O4S. The van der Waals surface area contributed by atoms with Gasteiger partial charge in [-0.05, 0) is 75.6 Å². The summed E-state index contributed by atoms with van der Waals surface area (Å²) in [5, 5.41) is 3.53. The number of nitrogens with zero attached hydrogens (tertiary/aromatic N) is 2. The van der Waals surface area contributed by atoms with Gasteiger partial charge < -0.3 is 10.2 Å². The molecule has 0 bridgehead atoms. The molecule has 1 unspecified atom stereocenters. The maximum absolute atomic E-state index is 14.1. The molecule has 0 aromatic heterocycles. The molecule has 1 aliphatic rings. The van der Waals surface area contributed by atoms with E-state index in [1.54, 1.807) is 31.2 Å². The van der Waals surface area contributed by atoms with Crippen molar-refractivity contribution in [3.8, 4) is 0 Å². The maximum Gasteiger partial charge on any atom is 0.264 e. The molecule has 0 aliphatic heterocycles. The zero-order valence-corrected chi connectivity index (χ0v) is 25.4. The first-order valence-corrected chi connectivity index (χ1v) is 15.9. The Balaban J connectivity index is 1.67. The van der Waals surface area contributed by atoms with Crippen molar-refractivity contribution in [2.45, 2.75) is 76.4 Å². The summed E-state index contributed by atoms with van der Waals surface area (Å²) in [6, 6.07) is 19.8. The van der Waals surface area contributed by atoms with Gasteiger partial charge in [-0.2, -0.15) is 0 Å². The highest BCUT2D eigenvalue weighted by Crippen LogP contribution is 2.26. The van der Waals surface area contributed by atoms with Crippen LogP contribution in [-0.4, -0.2) is 43.8 Å². The van der Waals surface area contributed by atoms with E-state index >= 15 is 0 Å². The summed E-state index contributed by atoms with van der Waals surface area (Å²) in [7, 11) is -4.13. The van der Waals surface area contributed by atoms with Crippen molar-refractivity contribution in [2.75, 3.05) is 10.8 Å². The lowest BCUT2D eigenvalue weighted by Crippen LogP contribution is -2.53. The topological polar surface area (TPSA) is 86.8 Å². The molecule has 7 nitrogen and oxygen atoms in total. The van der Waals surface area contributed by atoms with E-state index < -0.39 is 28.5 Å². The lowest BCUT2D eigenvalue weighted by molar-refractivity contribution is -0.139. The second-order valence-corrected chi connectivity index (χ2v) is 13.1. The summed E-state index contributed by atoms with van der Waals surface area (Å²) in [6.45, 7) is 5.27. The number of benzene rings is 3. The largest absolute Gasteiger partial charge is 0.352 e. The molecule has 9 heteroatoms. The first-order valence-electron chi connectivity index (χ1n) is 14.0. The zero-order valence-electron chi connectivity index (χ0n) is 23.8. The monoisotopic (exact) mass is 595 g/mol. The van der Waals surface area contributed by atoms with Crippen molar-refractivity contribution in [3.63, 3.8) is 0 Å². The average Bonchev–Trinajstić information content (AvgIpc) is 2.95. The molecule has 4 rings (SSSR count). The lowest BCUT2D eigenvalue weighted by atomic mass is 9.95. The molecular weight excluding hydrogens is 558 g/mol. The van der Waals surface area contributed by atoms with Crippen molar-refractivity contribution >= 4 is 39.1 Å². The van der Waals surface area contributed by atoms with Gasteiger partial charge in [-0.15, -0.1) is 0 Å². The van der Waals surface area contributed by atoms with Crippen molar-refractivity contribution in [1.29, 1.82) is 0 Å². The molecule has 41 heavy (non-hydrogen) atoms. The molecule has 1 saturated carbocycles. The van der Waals surface area contributed by atoms with Gasteiger partial charge in [0.25, 0.3) is 10.0 Å². The summed E-state index contributed by atoms with van der Waals surface area (Å²) in [4.78, 5) is 29.0. The van der Waals surface area contributed by atoms with Gasteiger partial charge in [0.05, 0.1) is 10.6 Å². The molecule has 0 saturated heterocycles. The average molecular weight is 596 g/mol. The molecule has 0 spiro atoms. The number of aryl methyl sites for hydroxylation is 2. The number of carbonyl (C=O) groups excluding carboxylic acids is 2. The maximum atomic E-state index is 14.1.